The van der Waals surface area contributed by atoms with E-state index in [1.54, 1.807) is 0 Å². The third-order valence-electron chi connectivity index (χ3n) is 4.28. The molecule has 6 nitrogen and oxygen atoms in total. The lowest BCUT2D eigenvalue weighted by Gasteiger charge is -2.34. The minimum absolute atomic E-state index is 0.301. The summed E-state index contributed by atoms with van der Waals surface area (Å²) < 4.78 is 0. The van der Waals surface area contributed by atoms with E-state index in [1.165, 1.54) is 0 Å². The highest BCUT2D eigenvalue weighted by Gasteiger charge is 2.35. The molecule has 0 heterocycles. The molecule has 6 heteroatoms. The van der Waals surface area contributed by atoms with Crippen LogP contribution in [0.1, 0.15) is 24.5 Å². The fourth-order valence-corrected chi connectivity index (χ4v) is 2.71. The van der Waals surface area contributed by atoms with Gasteiger partial charge in [-0.25, -0.2) is 0 Å². The van der Waals surface area contributed by atoms with Gasteiger partial charge in [-0.1, -0.05) is 60.7 Å². The molecule has 1 atom stereocenters. The largest absolute Gasteiger partial charge is 0.328 e. The second-order valence-electron chi connectivity index (χ2n) is 6.08. The Morgan fingerprint density at radius 2 is 1.44 bits per heavy atom. The Balaban J connectivity index is 0.000000705. The maximum absolute atomic E-state index is 12.2. The third-order valence-corrected chi connectivity index (χ3v) is 4.28. The van der Waals surface area contributed by atoms with Crippen LogP contribution in [0.15, 0.2) is 60.7 Å². The van der Waals surface area contributed by atoms with E-state index in [-0.39, 0.29) is 0 Å². The average molecular weight is 344 g/mol. The van der Waals surface area contributed by atoms with Gasteiger partial charge in [0.15, 0.2) is 0 Å². The minimum atomic E-state index is -1.50. The topological polar surface area (TPSA) is 83.7 Å². The number of hydrogen-bond acceptors (Lipinski definition) is 4. The Kier molecular flexibility index (Phi) is 7.75. The first-order valence-corrected chi connectivity index (χ1v) is 7.90. The van der Waals surface area contributed by atoms with Gasteiger partial charge in [-0.2, -0.15) is 0 Å². The Morgan fingerprint density at radius 1 is 1.08 bits per heavy atom. The van der Waals surface area contributed by atoms with Crippen LogP contribution in [0.2, 0.25) is 0 Å². The molecule has 0 spiro atoms. The van der Waals surface area contributed by atoms with E-state index >= 15 is 0 Å². The number of carbonyl (C=O) groups is 1. The average Bonchev–Trinajstić information content (AvgIpc) is 2.60. The molecule has 25 heavy (non-hydrogen) atoms. The molecule has 0 aliphatic carbocycles. The first kappa shape index (κ1) is 20.3. The molecule has 134 valence electrons. The van der Waals surface area contributed by atoms with Crippen LogP contribution in [0.4, 0.5) is 0 Å². The van der Waals surface area contributed by atoms with E-state index in [0.29, 0.717) is 6.04 Å². The standard InChI is InChI=1S/C19H23NO.HNO3/c1-16(20(2)3)14-19(15-21,17-10-6-4-7-11-17)18-12-8-5-9-13-18;2-1(3)4/h4-13,15-16H,14H2,1-3H3;(H,2,3,4). The van der Waals surface area contributed by atoms with Crippen molar-refractivity contribution in [1.82, 2.24) is 4.90 Å². The Hall–Kier alpha value is -2.73. The van der Waals surface area contributed by atoms with Crippen LogP contribution in [0.25, 0.3) is 0 Å². The molecule has 0 fully saturated rings. The van der Waals surface area contributed by atoms with Gasteiger partial charge in [-0.15, -0.1) is 10.1 Å². The summed E-state index contributed by atoms with van der Waals surface area (Å²) in [4.78, 5) is 22.7. The molecular weight excluding hydrogens is 320 g/mol. The molecule has 2 rings (SSSR count). The van der Waals surface area contributed by atoms with Crippen LogP contribution in [-0.2, 0) is 10.2 Å². The lowest BCUT2D eigenvalue weighted by molar-refractivity contribution is -0.742. The number of rotatable bonds is 6. The Morgan fingerprint density at radius 3 is 1.72 bits per heavy atom. The van der Waals surface area contributed by atoms with Crippen LogP contribution in [0.5, 0.6) is 0 Å². The summed E-state index contributed by atoms with van der Waals surface area (Å²) in [5, 5.41) is 13.6. The molecule has 0 radical (unpaired) electrons. The Bertz CT molecular complexity index is 616. The number of nitrogens with zero attached hydrogens (tertiary/aromatic N) is 2. The van der Waals surface area contributed by atoms with Crippen molar-refractivity contribution in [2.24, 2.45) is 0 Å². The lowest BCUT2D eigenvalue weighted by atomic mass is 9.71. The van der Waals surface area contributed by atoms with Gasteiger partial charge in [0.1, 0.15) is 6.29 Å². The van der Waals surface area contributed by atoms with Gasteiger partial charge in [0.05, 0.1) is 5.41 Å². The van der Waals surface area contributed by atoms with Crippen LogP contribution < -0.4 is 0 Å². The minimum Gasteiger partial charge on any atom is -0.328 e. The molecule has 2 aromatic carbocycles. The van der Waals surface area contributed by atoms with Crippen molar-refractivity contribution in [3.63, 3.8) is 0 Å². The van der Waals surface area contributed by atoms with Crippen molar-refractivity contribution in [2.75, 3.05) is 14.1 Å². The SMILES string of the molecule is CC(CC(C=O)(c1ccccc1)c1ccccc1)N(C)C.O=[N+]([O-])O. The van der Waals surface area contributed by atoms with Crippen molar-refractivity contribution < 1.29 is 15.1 Å². The van der Waals surface area contributed by atoms with Crippen LogP contribution >= 0.6 is 0 Å². The lowest BCUT2D eigenvalue weighted by Crippen LogP contribution is -2.38. The van der Waals surface area contributed by atoms with E-state index in [0.717, 1.165) is 23.8 Å². The van der Waals surface area contributed by atoms with Gasteiger partial charge >= 0.3 is 0 Å². The smallest absolute Gasteiger partial charge is 0.291 e. The first-order valence-electron chi connectivity index (χ1n) is 7.90. The molecule has 0 bridgehead atoms. The Labute approximate surface area is 147 Å². The highest BCUT2D eigenvalue weighted by molar-refractivity contribution is 5.75. The van der Waals surface area contributed by atoms with Crippen molar-refractivity contribution in [3.05, 3.63) is 81.9 Å². The second kappa shape index (κ2) is 9.54. The van der Waals surface area contributed by atoms with Crippen molar-refractivity contribution >= 4 is 6.29 Å². The predicted octanol–water partition coefficient (Wildman–Crippen LogP) is 3.16. The summed E-state index contributed by atoms with van der Waals surface area (Å²) in [6.45, 7) is 2.16. The number of carbonyl (C=O) groups excluding carboxylic acids is 1. The molecule has 0 amide bonds. The van der Waals surface area contributed by atoms with Gasteiger partial charge < -0.3 is 14.9 Å². The van der Waals surface area contributed by atoms with Crippen molar-refractivity contribution in [1.29, 1.82) is 0 Å². The van der Waals surface area contributed by atoms with E-state index in [1.807, 2.05) is 60.7 Å². The molecule has 2 aromatic rings. The first-order chi connectivity index (χ1) is 11.8. The normalized spacial score (nSPS) is 12.0. The summed E-state index contributed by atoms with van der Waals surface area (Å²) in [7, 11) is 4.10. The molecule has 0 aliphatic heterocycles. The predicted molar refractivity (Wildman–Crippen MR) is 96.3 cm³/mol. The monoisotopic (exact) mass is 344 g/mol. The van der Waals surface area contributed by atoms with E-state index in [9.17, 15) is 4.79 Å². The number of aldehydes is 1. The fourth-order valence-electron chi connectivity index (χ4n) is 2.71. The maximum atomic E-state index is 12.2. The molecule has 0 saturated carbocycles. The summed E-state index contributed by atoms with van der Waals surface area (Å²) in [6, 6.07) is 20.4. The number of benzene rings is 2. The molecular formula is C19H24N2O4. The third kappa shape index (κ3) is 5.69. The van der Waals surface area contributed by atoms with Crippen LogP contribution in [0.3, 0.4) is 0 Å². The molecule has 1 unspecified atom stereocenters. The highest BCUT2D eigenvalue weighted by atomic mass is 16.9. The van der Waals surface area contributed by atoms with Gasteiger partial charge in [0, 0.05) is 6.04 Å². The summed E-state index contributed by atoms with van der Waals surface area (Å²) in [5.41, 5.74) is 1.52. The fraction of sp³-hybridized carbons (Fsp3) is 0.316. The van der Waals surface area contributed by atoms with Crippen LogP contribution in [-0.4, -0.2) is 41.6 Å². The molecule has 0 saturated heterocycles. The zero-order valence-corrected chi connectivity index (χ0v) is 14.7. The molecule has 0 aromatic heterocycles. The second-order valence-corrected chi connectivity index (χ2v) is 6.08. The van der Waals surface area contributed by atoms with Gasteiger partial charge in [0.2, 0.25) is 0 Å². The van der Waals surface area contributed by atoms with Gasteiger partial charge in [0.25, 0.3) is 5.09 Å². The summed E-state index contributed by atoms with van der Waals surface area (Å²) in [6.07, 6.45) is 1.87. The van der Waals surface area contributed by atoms with E-state index < -0.39 is 10.5 Å². The zero-order chi connectivity index (χ0) is 18.9. The molecule has 1 N–H and O–H groups in total. The van der Waals surface area contributed by atoms with Gasteiger partial charge in [-0.3, -0.25) is 0 Å². The summed E-state index contributed by atoms with van der Waals surface area (Å²) in [5.74, 6) is 0. The van der Waals surface area contributed by atoms with Crippen molar-refractivity contribution in [3.8, 4) is 0 Å². The van der Waals surface area contributed by atoms with Crippen molar-refractivity contribution in [2.45, 2.75) is 24.8 Å². The van der Waals surface area contributed by atoms with E-state index in [4.69, 9.17) is 15.3 Å². The molecule has 0 aliphatic rings. The van der Waals surface area contributed by atoms with E-state index in [2.05, 4.69) is 25.9 Å². The maximum Gasteiger partial charge on any atom is 0.291 e. The highest BCUT2D eigenvalue weighted by Crippen LogP contribution is 2.35. The van der Waals surface area contributed by atoms with Gasteiger partial charge in [-0.05, 0) is 38.6 Å². The zero-order valence-electron chi connectivity index (χ0n) is 14.7. The quantitative estimate of drug-likeness (QED) is 0.494. The number of hydrogen-bond donors (Lipinski definition) is 1. The van der Waals surface area contributed by atoms with Crippen LogP contribution in [0, 0.1) is 10.1 Å². The summed E-state index contributed by atoms with van der Waals surface area (Å²) >= 11 is 0.